The van der Waals surface area contributed by atoms with Gasteiger partial charge in [-0.25, -0.2) is 4.39 Å². The summed E-state index contributed by atoms with van der Waals surface area (Å²) in [6.07, 6.45) is 2.81. The zero-order chi connectivity index (χ0) is 21.3. The number of primary amides is 1. The van der Waals surface area contributed by atoms with E-state index < -0.39 is 19.1 Å². The van der Waals surface area contributed by atoms with Crippen LogP contribution in [0.2, 0.25) is 5.02 Å². The highest BCUT2D eigenvalue weighted by Gasteiger charge is 2.37. The number of H-pyrrole nitrogens is 1. The first-order chi connectivity index (χ1) is 13.7. The van der Waals surface area contributed by atoms with Crippen LogP contribution in [0, 0.1) is 24.1 Å². The molecule has 0 unspecified atom stereocenters. The molecule has 148 valence electrons. The maximum absolute atomic E-state index is 14.9. The molecule has 0 saturated heterocycles. The lowest BCUT2D eigenvalue weighted by molar-refractivity contribution is 0.0997. The van der Waals surface area contributed by atoms with Gasteiger partial charge in [0.2, 0.25) is 0 Å². The first-order valence-electron chi connectivity index (χ1n) is 8.37. The van der Waals surface area contributed by atoms with Crippen LogP contribution in [-0.4, -0.2) is 18.0 Å². The number of hydrogen-bond donors (Lipinski definition) is 2. The van der Waals surface area contributed by atoms with Gasteiger partial charge in [-0.1, -0.05) is 17.7 Å². The lowest BCUT2D eigenvalue weighted by Crippen LogP contribution is -2.26. The van der Waals surface area contributed by atoms with Crippen LogP contribution >= 0.6 is 19.0 Å². The molecule has 0 spiro atoms. The Labute approximate surface area is 171 Å². The average molecular weight is 432 g/mol. The van der Waals surface area contributed by atoms with E-state index in [-0.39, 0.29) is 32.2 Å². The number of hydrogen-bond acceptors (Lipinski definition) is 4. The Hall–Kier alpha value is -2.91. The number of aromatic amines is 1. The average Bonchev–Trinajstić information content (AvgIpc) is 3.09. The number of aryl methyl sites for hydroxylation is 1. The van der Waals surface area contributed by atoms with Gasteiger partial charge in [0.15, 0.2) is 5.82 Å². The van der Waals surface area contributed by atoms with Crippen molar-refractivity contribution < 1.29 is 18.3 Å². The number of halogens is 2. The van der Waals surface area contributed by atoms with Crippen molar-refractivity contribution in [3.8, 4) is 6.07 Å². The number of nitrogens with two attached hydrogens (primary N) is 1. The van der Waals surface area contributed by atoms with Crippen LogP contribution in [0.3, 0.4) is 0 Å². The van der Waals surface area contributed by atoms with Crippen LogP contribution in [0.5, 0.6) is 0 Å². The van der Waals surface area contributed by atoms with Crippen molar-refractivity contribution in [1.82, 2.24) is 4.98 Å². The van der Waals surface area contributed by atoms with Gasteiger partial charge in [0.1, 0.15) is 5.69 Å². The second-order valence-corrected chi connectivity index (χ2v) is 9.13. The highest BCUT2D eigenvalue weighted by molar-refractivity contribution is 7.75. The van der Waals surface area contributed by atoms with Crippen molar-refractivity contribution in [3.05, 3.63) is 64.1 Å². The van der Waals surface area contributed by atoms with Crippen LogP contribution in [-0.2, 0) is 9.09 Å². The normalized spacial score (nSPS) is 13.5. The minimum atomic E-state index is -3.97. The largest absolute Gasteiger partial charge is 0.364 e. The molecule has 0 radical (unpaired) electrons. The van der Waals surface area contributed by atoms with Crippen LogP contribution in [0.25, 0.3) is 17.0 Å². The molecular formula is C20H16ClFN3O3P. The molecule has 0 bridgehead atoms. The summed E-state index contributed by atoms with van der Waals surface area (Å²) < 4.78 is 34.4. The Morgan fingerprint density at radius 2 is 2.10 bits per heavy atom. The van der Waals surface area contributed by atoms with Gasteiger partial charge in [-0.05, 0) is 48.4 Å². The third-order valence-corrected chi connectivity index (χ3v) is 7.18. The van der Waals surface area contributed by atoms with E-state index in [1.165, 1.54) is 31.4 Å². The monoisotopic (exact) mass is 431 g/mol. The smallest absolute Gasteiger partial charge is 0.266 e. The van der Waals surface area contributed by atoms with E-state index in [1.54, 1.807) is 25.1 Å². The number of nitrogens with zero attached hydrogens (tertiary/aromatic N) is 1. The third kappa shape index (κ3) is 3.58. The molecule has 2 aromatic carbocycles. The third-order valence-electron chi connectivity index (χ3n) is 4.40. The summed E-state index contributed by atoms with van der Waals surface area (Å²) in [7, 11) is -2.77. The fourth-order valence-corrected chi connectivity index (χ4v) is 5.67. The number of nitrogens with one attached hydrogen (secondary N) is 1. The Balaban J connectivity index is 2.42. The lowest BCUT2D eigenvalue weighted by atomic mass is 10.1. The molecular weight excluding hydrogens is 416 g/mol. The molecule has 0 aliphatic heterocycles. The van der Waals surface area contributed by atoms with E-state index in [2.05, 4.69) is 4.98 Å². The summed E-state index contributed by atoms with van der Waals surface area (Å²) >= 11 is 5.92. The highest BCUT2D eigenvalue weighted by atomic mass is 35.5. The Kier molecular flexibility index (Phi) is 5.63. The molecule has 3 aromatic rings. The van der Waals surface area contributed by atoms with Gasteiger partial charge < -0.3 is 15.2 Å². The molecule has 0 saturated carbocycles. The minimum Gasteiger partial charge on any atom is -0.364 e. The molecule has 3 rings (SSSR count). The zero-order valence-electron chi connectivity index (χ0n) is 15.5. The van der Waals surface area contributed by atoms with E-state index >= 15 is 0 Å². The summed E-state index contributed by atoms with van der Waals surface area (Å²) in [6.45, 7) is 1.77. The van der Waals surface area contributed by atoms with E-state index in [9.17, 15) is 13.8 Å². The van der Waals surface area contributed by atoms with Gasteiger partial charge in [-0.15, -0.1) is 0 Å². The van der Waals surface area contributed by atoms with Crippen LogP contribution < -0.4 is 16.3 Å². The van der Waals surface area contributed by atoms with Crippen molar-refractivity contribution in [2.24, 2.45) is 5.73 Å². The van der Waals surface area contributed by atoms with Crippen molar-refractivity contribution in [2.45, 2.75) is 6.92 Å². The number of amides is 1. The Bertz CT molecular complexity index is 1260. The fraction of sp³-hybridized carbons (Fsp3) is 0.100. The number of fused-ring (bicyclic) bond motifs is 1. The maximum Gasteiger partial charge on any atom is 0.266 e. The SMILES string of the molecule is CO[P@@](=O)(c1cc(C)cc(C=CC#N)c1)c1c(C(N)=O)[nH]c2ccc(Cl)c(F)c12. The molecule has 1 heterocycles. The molecule has 6 nitrogen and oxygen atoms in total. The molecule has 9 heteroatoms. The minimum absolute atomic E-state index is 0.118. The first-order valence-corrected chi connectivity index (χ1v) is 10.4. The maximum atomic E-state index is 14.9. The summed E-state index contributed by atoms with van der Waals surface area (Å²) in [5.41, 5.74) is 6.79. The molecule has 1 amide bonds. The van der Waals surface area contributed by atoms with E-state index in [0.29, 0.717) is 5.56 Å². The quantitative estimate of drug-likeness (QED) is 0.473. The Morgan fingerprint density at radius 3 is 2.72 bits per heavy atom. The molecule has 0 aliphatic rings. The summed E-state index contributed by atoms with van der Waals surface area (Å²) in [4.78, 5) is 14.8. The first kappa shape index (κ1) is 20.8. The molecule has 0 fully saturated rings. The van der Waals surface area contributed by atoms with Crippen LogP contribution in [0.15, 0.2) is 36.4 Å². The van der Waals surface area contributed by atoms with Gasteiger partial charge in [0.05, 0.1) is 21.8 Å². The second kappa shape index (κ2) is 7.84. The van der Waals surface area contributed by atoms with Crippen molar-refractivity contribution >= 4 is 52.5 Å². The number of carbonyl (C=O) groups excluding carboxylic acids is 1. The fourth-order valence-electron chi connectivity index (χ4n) is 3.20. The molecule has 3 N–H and O–H groups in total. The number of nitriles is 1. The molecule has 0 aliphatic carbocycles. The number of benzene rings is 2. The number of allylic oxidation sites excluding steroid dienone is 1. The topological polar surface area (TPSA) is 109 Å². The predicted octanol–water partition coefficient (Wildman–Crippen LogP) is 3.78. The van der Waals surface area contributed by atoms with Crippen molar-refractivity contribution in [2.75, 3.05) is 7.11 Å². The van der Waals surface area contributed by atoms with Crippen LogP contribution in [0.4, 0.5) is 4.39 Å². The van der Waals surface area contributed by atoms with Gasteiger partial charge in [-0.2, -0.15) is 5.26 Å². The van der Waals surface area contributed by atoms with Gasteiger partial charge in [0.25, 0.3) is 13.3 Å². The highest BCUT2D eigenvalue weighted by Crippen LogP contribution is 2.48. The van der Waals surface area contributed by atoms with Crippen LogP contribution in [0.1, 0.15) is 21.6 Å². The van der Waals surface area contributed by atoms with Crippen molar-refractivity contribution in [1.29, 1.82) is 5.26 Å². The number of aromatic nitrogens is 1. The summed E-state index contributed by atoms with van der Waals surface area (Å²) in [5, 5.41) is 8.50. The van der Waals surface area contributed by atoms with E-state index in [4.69, 9.17) is 27.1 Å². The molecule has 29 heavy (non-hydrogen) atoms. The number of rotatable bonds is 5. The summed E-state index contributed by atoms with van der Waals surface area (Å²) in [5.74, 6) is -1.75. The van der Waals surface area contributed by atoms with E-state index in [1.807, 2.05) is 6.07 Å². The molecule has 1 atom stereocenters. The standard InChI is InChI=1S/C20H16ClFN3O3P/c1-11-8-12(4-3-7-23)10-13(9-11)29(27,28-2)19-16-15(25-18(19)20(24)26)6-5-14(21)17(16)22/h3-6,8-10,25H,1-2H3,(H2,24,26)/t29-/m0/s1. The lowest BCUT2D eigenvalue weighted by Gasteiger charge is -2.19. The second-order valence-electron chi connectivity index (χ2n) is 6.30. The van der Waals surface area contributed by atoms with Crippen molar-refractivity contribution in [3.63, 3.8) is 0 Å². The van der Waals surface area contributed by atoms with Gasteiger partial charge >= 0.3 is 0 Å². The predicted molar refractivity (Wildman–Crippen MR) is 111 cm³/mol. The van der Waals surface area contributed by atoms with E-state index in [0.717, 1.165) is 5.56 Å². The summed E-state index contributed by atoms with van der Waals surface area (Å²) in [6, 6.07) is 9.61. The number of carbonyl (C=O) groups is 1. The zero-order valence-corrected chi connectivity index (χ0v) is 17.1. The molecule has 1 aromatic heterocycles. The Morgan fingerprint density at radius 1 is 1.38 bits per heavy atom. The van der Waals surface area contributed by atoms with Gasteiger partial charge in [-0.3, -0.25) is 9.36 Å². The van der Waals surface area contributed by atoms with Gasteiger partial charge in [0, 0.05) is 24.0 Å².